The summed E-state index contributed by atoms with van der Waals surface area (Å²) in [5.74, 6) is 0.666. The van der Waals surface area contributed by atoms with E-state index in [4.69, 9.17) is 4.74 Å². The highest BCUT2D eigenvalue weighted by Gasteiger charge is 2.29. The Bertz CT molecular complexity index is 902. The zero-order valence-electron chi connectivity index (χ0n) is 19.7. The molecule has 0 atom stereocenters. The minimum Gasteiger partial charge on any atom is -0.425 e. The van der Waals surface area contributed by atoms with Crippen LogP contribution in [0.4, 0.5) is 0 Å². The van der Waals surface area contributed by atoms with Crippen molar-refractivity contribution in [3.63, 3.8) is 0 Å². The van der Waals surface area contributed by atoms with E-state index in [-0.39, 0.29) is 11.9 Å². The first-order valence-corrected chi connectivity index (χ1v) is 12.5. The van der Waals surface area contributed by atoms with Crippen LogP contribution in [0.5, 0.6) is 5.75 Å². The van der Waals surface area contributed by atoms with Gasteiger partial charge in [0.25, 0.3) is 0 Å². The minimum absolute atomic E-state index is 0.0779. The number of hydrogen-bond donors (Lipinski definition) is 0. The number of ether oxygens (including phenoxy) is 1. The molecule has 0 aromatic heterocycles. The number of unbranched alkanes of at least 4 members (excludes halogenated alkanes) is 3. The van der Waals surface area contributed by atoms with E-state index in [1.807, 2.05) is 12.1 Å². The molecule has 0 unspecified atom stereocenters. The van der Waals surface area contributed by atoms with Gasteiger partial charge in [0.15, 0.2) is 0 Å². The summed E-state index contributed by atoms with van der Waals surface area (Å²) in [7, 11) is 0. The van der Waals surface area contributed by atoms with Crippen LogP contribution in [0, 0.1) is 17.2 Å². The zero-order valence-corrected chi connectivity index (χ0v) is 19.7. The first-order valence-electron chi connectivity index (χ1n) is 12.5. The summed E-state index contributed by atoms with van der Waals surface area (Å²) in [4.78, 5) is 12.8. The number of nitriles is 1. The molecular formula is C29H37NO2. The Labute approximate surface area is 193 Å². The van der Waals surface area contributed by atoms with E-state index in [0.29, 0.717) is 17.2 Å². The van der Waals surface area contributed by atoms with Gasteiger partial charge in [-0.25, -0.2) is 0 Å². The number of rotatable bonds is 10. The highest BCUT2D eigenvalue weighted by atomic mass is 16.5. The van der Waals surface area contributed by atoms with Crippen molar-refractivity contribution in [1.29, 1.82) is 5.26 Å². The number of hydrogen-bond acceptors (Lipinski definition) is 3. The third kappa shape index (κ3) is 6.70. The van der Waals surface area contributed by atoms with Crippen LogP contribution < -0.4 is 4.74 Å². The van der Waals surface area contributed by atoms with E-state index in [9.17, 15) is 10.1 Å². The van der Waals surface area contributed by atoms with Gasteiger partial charge < -0.3 is 4.74 Å². The Morgan fingerprint density at radius 3 is 2.28 bits per heavy atom. The molecule has 3 rings (SSSR count). The number of benzene rings is 2. The molecule has 0 N–H and O–H groups in total. The summed E-state index contributed by atoms with van der Waals surface area (Å²) in [5.41, 5.74) is 4.39. The number of carbonyl (C=O) groups is 1. The number of nitrogens with zero attached hydrogens (tertiary/aromatic N) is 1. The maximum atomic E-state index is 12.8. The fraction of sp³-hybridized carbons (Fsp3) is 0.517. The second-order valence-electron chi connectivity index (χ2n) is 9.21. The monoisotopic (exact) mass is 431 g/mol. The number of esters is 1. The van der Waals surface area contributed by atoms with Gasteiger partial charge in [0, 0.05) is 0 Å². The summed E-state index contributed by atoms with van der Waals surface area (Å²) in [6.45, 7) is 4.41. The van der Waals surface area contributed by atoms with Gasteiger partial charge in [-0.1, -0.05) is 69.9 Å². The Hall–Kier alpha value is -2.60. The van der Waals surface area contributed by atoms with Crippen LogP contribution in [0.25, 0.3) is 0 Å². The van der Waals surface area contributed by atoms with Crippen LogP contribution >= 0.6 is 0 Å². The molecule has 0 spiro atoms. The van der Waals surface area contributed by atoms with Gasteiger partial charge in [0.05, 0.1) is 11.5 Å². The highest BCUT2D eigenvalue weighted by Crippen LogP contribution is 2.37. The van der Waals surface area contributed by atoms with E-state index in [1.54, 1.807) is 6.07 Å². The third-order valence-electron chi connectivity index (χ3n) is 6.74. The molecule has 2 aromatic carbocycles. The topological polar surface area (TPSA) is 50.1 Å². The fourth-order valence-corrected chi connectivity index (χ4v) is 4.76. The molecule has 1 aliphatic carbocycles. The van der Waals surface area contributed by atoms with Gasteiger partial charge in [0.2, 0.25) is 0 Å². The lowest BCUT2D eigenvalue weighted by atomic mass is 9.78. The summed E-state index contributed by atoms with van der Waals surface area (Å²) in [6.07, 6.45) is 11.8. The van der Waals surface area contributed by atoms with Gasteiger partial charge >= 0.3 is 5.97 Å². The predicted molar refractivity (Wildman–Crippen MR) is 130 cm³/mol. The maximum absolute atomic E-state index is 12.8. The first-order chi connectivity index (χ1) is 15.6. The Balaban J connectivity index is 1.52. The van der Waals surface area contributed by atoms with Crippen LogP contribution in [0.15, 0.2) is 42.5 Å². The third-order valence-corrected chi connectivity index (χ3v) is 6.74. The van der Waals surface area contributed by atoms with Crippen molar-refractivity contribution < 1.29 is 9.53 Å². The van der Waals surface area contributed by atoms with Crippen molar-refractivity contribution in [2.75, 3.05) is 0 Å². The van der Waals surface area contributed by atoms with Crippen LogP contribution in [0.3, 0.4) is 0 Å². The average molecular weight is 432 g/mol. The summed E-state index contributed by atoms with van der Waals surface area (Å²) in [6, 6.07) is 16.9. The molecule has 32 heavy (non-hydrogen) atoms. The van der Waals surface area contributed by atoms with E-state index < -0.39 is 0 Å². The van der Waals surface area contributed by atoms with Crippen molar-refractivity contribution in [1.82, 2.24) is 0 Å². The standard InChI is InChI=1S/C29H37NO2/c1-3-5-6-7-9-23-12-19-28(27(20-23)21-30)32-29(31)26-17-15-25(16-18-26)24-13-10-22(8-4-2)11-14-24/h10-14,19-20,25-26H,3-9,15-18H2,1-2H3. The lowest BCUT2D eigenvalue weighted by molar-refractivity contribution is -0.140. The molecule has 170 valence electrons. The van der Waals surface area contributed by atoms with Crippen molar-refractivity contribution in [3.05, 3.63) is 64.7 Å². The van der Waals surface area contributed by atoms with E-state index >= 15 is 0 Å². The molecule has 3 heteroatoms. The van der Waals surface area contributed by atoms with Crippen molar-refractivity contribution >= 4 is 5.97 Å². The van der Waals surface area contributed by atoms with Crippen LogP contribution in [-0.4, -0.2) is 5.97 Å². The second-order valence-corrected chi connectivity index (χ2v) is 9.21. The molecule has 0 amide bonds. The second kappa shape index (κ2) is 12.4. The molecule has 0 bridgehead atoms. The van der Waals surface area contributed by atoms with E-state index in [1.165, 1.54) is 36.8 Å². The first kappa shape index (κ1) is 24.1. The molecule has 2 aromatic rings. The molecule has 3 nitrogen and oxygen atoms in total. The Morgan fingerprint density at radius 1 is 0.906 bits per heavy atom. The van der Waals surface area contributed by atoms with Gasteiger partial charge in [-0.3, -0.25) is 4.79 Å². The van der Waals surface area contributed by atoms with Crippen LogP contribution in [-0.2, 0) is 17.6 Å². The average Bonchev–Trinajstić information content (AvgIpc) is 2.83. The highest BCUT2D eigenvalue weighted by molar-refractivity contribution is 5.76. The lowest BCUT2D eigenvalue weighted by Gasteiger charge is -2.27. The fourth-order valence-electron chi connectivity index (χ4n) is 4.76. The maximum Gasteiger partial charge on any atom is 0.314 e. The molecule has 1 fully saturated rings. The lowest BCUT2D eigenvalue weighted by Crippen LogP contribution is -2.25. The van der Waals surface area contributed by atoms with E-state index in [0.717, 1.165) is 50.5 Å². The van der Waals surface area contributed by atoms with Gasteiger partial charge in [-0.05, 0) is 79.7 Å². The summed E-state index contributed by atoms with van der Waals surface area (Å²) >= 11 is 0. The zero-order chi connectivity index (χ0) is 22.8. The molecule has 1 saturated carbocycles. The minimum atomic E-state index is -0.186. The van der Waals surface area contributed by atoms with Crippen LogP contribution in [0.2, 0.25) is 0 Å². The number of aryl methyl sites for hydroxylation is 2. The van der Waals surface area contributed by atoms with E-state index in [2.05, 4.69) is 44.2 Å². The van der Waals surface area contributed by atoms with Gasteiger partial charge in [-0.15, -0.1) is 0 Å². The van der Waals surface area contributed by atoms with Crippen LogP contribution in [0.1, 0.15) is 99.8 Å². The smallest absolute Gasteiger partial charge is 0.314 e. The summed E-state index contributed by atoms with van der Waals surface area (Å²) < 4.78 is 5.70. The Morgan fingerprint density at radius 2 is 1.62 bits per heavy atom. The SMILES string of the molecule is CCCCCCc1ccc(OC(=O)C2CCC(c3ccc(CCC)cc3)CC2)c(C#N)c1. The molecule has 0 aliphatic heterocycles. The molecule has 0 heterocycles. The molecule has 0 radical (unpaired) electrons. The quantitative estimate of drug-likeness (QED) is 0.222. The largest absolute Gasteiger partial charge is 0.425 e. The number of carbonyl (C=O) groups excluding carboxylic acids is 1. The molecule has 0 saturated heterocycles. The summed E-state index contributed by atoms with van der Waals surface area (Å²) in [5, 5.41) is 9.55. The van der Waals surface area contributed by atoms with Crippen molar-refractivity contribution in [2.45, 2.75) is 90.4 Å². The normalized spacial score (nSPS) is 18.2. The molecule has 1 aliphatic rings. The van der Waals surface area contributed by atoms with Gasteiger partial charge in [-0.2, -0.15) is 5.26 Å². The molecular weight excluding hydrogens is 394 g/mol. The van der Waals surface area contributed by atoms with Crippen molar-refractivity contribution in [3.8, 4) is 11.8 Å². The van der Waals surface area contributed by atoms with Crippen molar-refractivity contribution in [2.24, 2.45) is 5.92 Å². The van der Waals surface area contributed by atoms with Gasteiger partial charge in [0.1, 0.15) is 11.8 Å². The predicted octanol–water partition coefficient (Wildman–Crippen LogP) is 7.51. The Kier molecular flexibility index (Phi) is 9.35.